The van der Waals surface area contributed by atoms with E-state index < -0.39 is 124 Å². The van der Waals surface area contributed by atoms with Gasteiger partial charge in [-0.1, -0.05) is 268 Å². The molecule has 104 heavy (non-hydrogen) atoms. The Kier molecular flexibility index (Phi) is 57.0. The highest BCUT2D eigenvalue weighted by Gasteiger charge is 2.53. The maximum Gasteiger partial charge on any atom is 0.220 e. The van der Waals surface area contributed by atoms with Crippen LogP contribution < -0.4 is 5.32 Å². The zero-order valence-corrected chi connectivity index (χ0v) is 63.2. The lowest BCUT2D eigenvalue weighted by Gasteiger charge is -2.48. The van der Waals surface area contributed by atoms with Gasteiger partial charge in [0.2, 0.25) is 5.91 Å². The fourth-order valence-corrected chi connectivity index (χ4v) is 12.2. The van der Waals surface area contributed by atoms with Crippen LogP contribution in [0.5, 0.6) is 0 Å². The van der Waals surface area contributed by atoms with Gasteiger partial charge < -0.3 is 89.9 Å². The summed E-state index contributed by atoms with van der Waals surface area (Å²) in [5.41, 5.74) is 0. The molecular weight excluding hydrogens is 1320 g/mol. The number of aliphatic hydroxyl groups is 11. The molecule has 3 aliphatic heterocycles. The number of nitrogens with one attached hydrogen (secondary N) is 1. The summed E-state index contributed by atoms with van der Waals surface area (Å²) in [5.74, 6) is -0.304. The SMILES string of the molecule is CC/C=C\C/C=C\C/C=C\C/C=C\C/C=C\C/C=C\C/C=C\C/C=C\C/C=C\C/C=C\CCCCCCCCCCC(=O)NC(COC1OC(CO)C(OC2OC(CO)C(OC3OC(CO)C(O)C(O)C3O)C(O)C2O)C(O)C1O)C(O)/C=C/CC/C=C/CC/C=C/CCCCCCCCCCCC. The number of aliphatic hydroxyl groups excluding tert-OH is 11. The molecule has 0 aliphatic carbocycles. The van der Waals surface area contributed by atoms with Crippen molar-refractivity contribution in [2.24, 2.45) is 0 Å². The van der Waals surface area contributed by atoms with Crippen molar-refractivity contribution < 1.29 is 89.4 Å². The molecule has 0 aromatic rings. The highest BCUT2D eigenvalue weighted by molar-refractivity contribution is 5.76. The molecule has 3 fully saturated rings. The minimum Gasteiger partial charge on any atom is -0.394 e. The van der Waals surface area contributed by atoms with Crippen molar-refractivity contribution in [3.63, 3.8) is 0 Å². The third-order valence-corrected chi connectivity index (χ3v) is 18.5. The van der Waals surface area contributed by atoms with E-state index in [9.17, 15) is 61.0 Å². The molecule has 0 radical (unpaired) electrons. The van der Waals surface area contributed by atoms with Crippen LogP contribution in [0.25, 0.3) is 0 Å². The Labute approximate surface area is 625 Å². The molecule has 0 spiro atoms. The van der Waals surface area contributed by atoms with Gasteiger partial charge in [-0.15, -0.1) is 0 Å². The van der Waals surface area contributed by atoms with Crippen molar-refractivity contribution in [2.45, 2.75) is 343 Å². The second kappa shape index (κ2) is 63.3. The van der Waals surface area contributed by atoms with Gasteiger partial charge in [-0.3, -0.25) is 4.79 Å². The lowest BCUT2D eigenvalue weighted by atomic mass is 9.96. The first-order chi connectivity index (χ1) is 50.8. The van der Waals surface area contributed by atoms with Gasteiger partial charge in [0.25, 0.3) is 0 Å². The van der Waals surface area contributed by atoms with Crippen LogP contribution in [0.3, 0.4) is 0 Å². The van der Waals surface area contributed by atoms with E-state index in [1.54, 1.807) is 6.08 Å². The van der Waals surface area contributed by atoms with Crippen LogP contribution in [-0.4, -0.2) is 193 Å². The highest BCUT2D eigenvalue weighted by atomic mass is 16.8. The standard InChI is InChI=1S/C85H139NO18/c1-3-5-7-9-11-13-15-17-19-21-23-25-26-27-28-29-30-31-32-33-34-35-36-37-38-39-40-41-42-43-45-47-49-51-53-55-57-59-61-63-73(91)86-68(69(90)62-60-58-56-54-52-50-48-46-44-24-22-20-18-16-14-12-10-8-6-4-2)67-99-83-79(97)76(94)81(71(65-88)101-83)104-85-80(98)77(95)82(72(66-89)102-85)103-84-78(96)75(93)74(92)70(64-87)100-84/h5,7,11,13,17,19,23,25,27-28,30-31,33-34,36-37,39-40,42-44,46,52,54,60,62,68-72,74-85,87-90,92-98H,3-4,6,8-10,12,14-16,18,20-22,24,26,29,32,35,38,41,45,47-51,53,55-59,61,63-67H2,1-2H3,(H,86,91)/b7-5-,13-11-,19-17-,25-23-,28-27-,31-30-,34-33-,37-36-,40-39-,43-42-,46-44+,54-52+,62-60+. The van der Waals surface area contributed by atoms with Gasteiger partial charge in [-0.2, -0.15) is 0 Å². The summed E-state index contributed by atoms with van der Waals surface area (Å²) in [6.45, 7) is 1.57. The summed E-state index contributed by atoms with van der Waals surface area (Å²) in [6, 6.07) is -1.01. The summed E-state index contributed by atoms with van der Waals surface area (Å²) >= 11 is 0. The van der Waals surface area contributed by atoms with E-state index in [-0.39, 0.29) is 18.9 Å². The maximum atomic E-state index is 13.5. The van der Waals surface area contributed by atoms with Crippen LogP contribution in [0.2, 0.25) is 0 Å². The first-order valence-corrected chi connectivity index (χ1v) is 39.7. The molecule has 0 aromatic heterocycles. The number of rotatable bonds is 60. The third kappa shape index (κ3) is 42.8. The molecule has 3 saturated heterocycles. The normalized spacial score (nSPS) is 26.8. The van der Waals surface area contributed by atoms with E-state index in [0.717, 1.165) is 135 Å². The van der Waals surface area contributed by atoms with E-state index >= 15 is 0 Å². The number of unbranched alkanes of at least 4 members (excludes halogenated alkanes) is 20. The largest absolute Gasteiger partial charge is 0.394 e. The zero-order chi connectivity index (χ0) is 75.3. The van der Waals surface area contributed by atoms with E-state index in [2.05, 4.69) is 165 Å². The predicted molar refractivity (Wildman–Crippen MR) is 415 cm³/mol. The van der Waals surface area contributed by atoms with E-state index in [1.165, 1.54) is 70.6 Å². The summed E-state index contributed by atoms with van der Waals surface area (Å²) in [7, 11) is 0. The number of hydrogen-bond acceptors (Lipinski definition) is 18. The minimum atomic E-state index is -1.99. The Balaban J connectivity index is 1.38. The summed E-state index contributed by atoms with van der Waals surface area (Å²) in [5, 5.41) is 121. The van der Waals surface area contributed by atoms with E-state index in [0.29, 0.717) is 12.8 Å². The number of amides is 1. The first-order valence-electron chi connectivity index (χ1n) is 39.7. The van der Waals surface area contributed by atoms with Crippen LogP contribution in [0.15, 0.2) is 158 Å². The van der Waals surface area contributed by atoms with Gasteiger partial charge in [0.05, 0.1) is 38.6 Å². The van der Waals surface area contributed by atoms with Crippen LogP contribution >= 0.6 is 0 Å². The molecule has 3 aliphatic rings. The van der Waals surface area contributed by atoms with Crippen LogP contribution in [0, 0.1) is 0 Å². The van der Waals surface area contributed by atoms with Crippen LogP contribution in [-0.2, 0) is 33.2 Å². The van der Waals surface area contributed by atoms with Crippen molar-refractivity contribution in [3.05, 3.63) is 158 Å². The average Bonchev–Trinajstić information content (AvgIpc) is 0.783. The topological polar surface area (TPSA) is 307 Å². The van der Waals surface area contributed by atoms with Crippen molar-refractivity contribution in [1.82, 2.24) is 5.32 Å². The van der Waals surface area contributed by atoms with Crippen molar-refractivity contribution >= 4 is 5.91 Å². The maximum absolute atomic E-state index is 13.5. The monoisotopic (exact) mass is 1460 g/mol. The molecule has 17 unspecified atom stereocenters. The van der Waals surface area contributed by atoms with Gasteiger partial charge >= 0.3 is 0 Å². The molecule has 3 heterocycles. The number of ether oxygens (including phenoxy) is 6. The number of allylic oxidation sites excluding steroid dienone is 25. The predicted octanol–water partition coefficient (Wildman–Crippen LogP) is 13.2. The molecular formula is C85H139NO18. The van der Waals surface area contributed by atoms with Gasteiger partial charge in [-0.05, 0) is 122 Å². The Morgan fingerprint density at radius 2 is 0.673 bits per heavy atom. The Hall–Kier alpha value is -4.59. The lowest BCUT2D eigenvalue weighted by Crippen LogP contribution is -2.66. The zero-order valence-electron chi connectivity index (χ0n) is 63.2. The number of carbonyl (C=O) groups is 1. The van der Waals surface area contributed by atoms with Crippen molar-refractivity contribution in [3.8, 4) is 0 Å². The quantitative estimate of drug-likeness (QED) is 0.0199. The Morgan fingerprint density at radius 3 is 1.08 bits per heavy atom. The summed E-state index contributed by atoms with van der Waals surface area (Å²) in [6.07, 6.45) is 66.5. The smallest absolute Gasteiger partial charge is 0.220 e. The van der Waals surface area contributed by atoms with Crippen molar-refractivity contribution in [2.75, 3.05) is 26.4 Å². The minimum absolute atomic E-state index is 0.212. The van der Waals surface area contributed by atoms with Gasteiger partial charge in [0.1, 0.15) is 73.2 Å². The molecule has 592 valence electrons. The molecule has 19 heteroatoms. The van der Waals surface area contributed by atoms with Gasteiger partial charge in [0, 0.05) is 6.42 Å². The average molecular weight is 1460 g/mol. The first kappa shape index (κ1) is 93.6. The molecule has 0 bridgehead atoms. The molecule has 19 nitrogen and oxygen atoms in total. The second-order valence-corrected chi connectivity index (χ2v) is 27.4. The fraction of sp³-hybridized carbons (Fsp3) is 0.682. The number of carbonyl (C=O) groups excluding carboxylic acids is 1. The summed E-state index contributed by atoms with van der Waals surface area (Å²) < 4.78 is 34.4. The Morgan fingerprint density at radius 1 is 0.356 bits per heavy atom. The van der Waals surface area contributed by atoms with E-state index in [1.807, 2.05) is 6.08 Å². The van der Waals surface area contributed by atoms with Crippen LogP contribution in [0.1, 0.15) is 239 Å². The summed E-state index contributed by atoms with van der Waals surface area (Å²) in [4.78, 5) is 13.5. The third-order valence-electron chi connectivity index (χ3n) is 18.5. The van der Waals surface area contributed by atoms with Crippen LogP contribution in [0.4, 0.5) is 0 Å². The Bertz CT molecular complexity index is 2500. The molecule has 17 atom stereocenters. The van der Waals surface area contributed by atoms with Gasteiger partial charge in [-0.25, -0.2) is 0 Å². The molecule has 3 rings (SSSR count). The highest BCUT2D eigenvalue weighted by Crippen LogP contribution is 2.33. The van der Waals surface area contributed by atoms with Crippen molar-refractivity contribution in [1.29, 1.82) is 0 Å². The molecule has 0 saturated carbocycles. The molecule has 12 N–H and O–H groups in total. The number of hydrogen-bond donors (Lipinski definition) is 12. The van der Waals surface area contributed by atoms with E-state index in [4.69, 9.17) is 28.4 Å². The second-order valence-electron chi connectivity index (χ2n) is 27.4. The fourth-order valence-electron chi connectivity index (χ4n) is 12.2. The molecule has 0 aromatic carbocycles. The van der Waals surface area contributed by atoms with Gasteiger partial charge in [0.15, 0.2) is 18.9 Å². The molecule has 1 amide bonds. The lowest BCUT2D eigenvalue weighted by molar-refractivity contribution is -0.379.